The Kier molecular flexibility index (Phi) is 4.14. The van der Waals surface area contributed by atoms with Crippen molar-refractivity contribution in [3.05, 3.63) is 76.9 Å². The van der Waals surface area contributed by atoms with Crippen LogP contribution in [0.2, 0.25) is 0 Å². The quantitative estimate of drug-likeness (QED) is 0.229. The van der Waals surface area contributed by atoms with E-state index in [1.165, 1.54) is 30.3 Å². The molecule has 8 nitrogen and oxygen atoms in total. The lowest BCUT2D eigenvalue weighted by Gasteiger charge is -2.21. The van der Waals surface area contributed by atoms with Crippen molar-refractivity contribution in [2.45, 2.75) is 4.90 Å². The van der Waals surface area contributed by atoms with Gasteiger partial charge in [0.1, 0.15) is 10.6 Å². The second-order valence-electron chi connectivity index (χ2n) is 6.34. The van der Waals surface area contributed by atoms with Crippen LogP contribution < -0.4 is 5.32 Å². The third-order valence-corrected chi connectivity index (χ3v) is 5.50. The van der Waals surface area contributed by atoms with Crippen LogP contribution in [0.1, 0.15) is 31.8 Å². The molecule has 1 aliphatic carbocycles. The fraction of sp³-hybridized carbons (Fsp3) is 0. The van der Waals surface area contributed by atoms with Crippen molar-refractivity contribution in [1.29, 1.82) is 0 Å². The Bertz CT molecular complexity index is 1310. The maximum absolute atomic E-state index is 12.9. The van der Waals surface area contributed by atoms with Crippen LogP contribution in [0, 0.1) is 0 Å². The molecule has 0 aromatic heterocycles. The number of hydrogen-bond donors (Lipinski definition) is 4. The summed E-state index contributed by atoms with van der Waals surface area (Å²) in [5.41, 5.74) is -0.842. The molecule has 3 aromatic rings. The van der Waals surface area contributed by atoms with E-state index in [1.54, 1.807) is 12.1 Å². The zero-order valence-electron chi connectivity index (χ0n) is 14.6. The minimum atomic E-state index is -4.58. The SMILES string of the molecule is O=C1c2ccccc2C(=O)c2c(O)c(Nc3ccccc3S(=O)(=O)O)cc(O)c21. The third kappa shape index (κ3) is 2.93. The molecule has 0 unspecified atom stereocenters. The number of nitrogens with one attached hydrogen (secondary N) is 1. The lowest BCUT2D eigenvalue weighted by molar-refractivity contribution is 0.0974. The minimum absolute atomic E-state index is 0.0789. The Morgan fingerprint density at radius 2 is 1.31 bits per heavy atom. The highest BCUT2D eigenvalue weighted by Crippen LogP contribution is 2.43. The first-order valence-corrected chi connectivity index (χ1v) is 9.75. The van der Waals surface area contributed by atoms with E-state index in [1.807, 2.05) is 0 Å². The van der Waals surface area contributed by atoms with Gasteiger partial charge in [-0.3, -0.25) is 14.1 Å². The number of para-hydroxylation sites is 1. The Labute approximate surface area is 164 Å². The van der Waals surface area contributed by atoms with Crippen molar-refractivity contribution < 1.29 is 32.8 Å². The van der Waals surface area contributed by atoms with E-state index >= 15 is 0 Å². The van der Waals surface area contributed by atoms with E-state index in [-0.39, 0.29) is 33.6 Å². The molecule has 0 spiro atoms. The van der Waals surface area contributed by atoms with Gasteiger partial charge in [-0.25, -0.2) is 0 Å². The summed E-state index contributed by atoms with van der Waals surface area (Å²) >= 11 is 0. The van der Waals surface area contributed by atoms with Crippen LogP contribution in [0.25, 0.3) is 0 Å². The molecule has 0 fully saturated rings. The molecule has 4 rings (SSSR count). The van der Waals surface area contributed by atoms with Gasteiger partial charge in [0.05, 0.1) is 22.5 Å². The predicted molar refractivity (Wildman–Crippen MR) is 103 cm³/mol. The lowest BCUT2D eigenvalue weighted by atomic mass is 9.82. The molecule has 1 aliphatic rings. The molecule has 29 heavy (non-hydrogen) atoms. The number of phenolic OH excluding ortho intramolecular Hbond substituents is 2. The summed E-state index contributed by atoms with van der Waals surface area (Å²) in [7, 11) is -4.58. The van der Waals surface area contributed by atoms with Gasteiger partial charge in [0.25, 0.3) is 10.1 Å². The number of anilines is 2. The first-order valence-electron chi connectivity index (χ1n) is 8.31. The fourth-order valence-corrected chi connectivity index (χ4v) is 3.94. The van der Waals surface area contributed by atoms with Gasteiger partial charge in [-0.1, -0.05) is 36.4 Å². The van der Waals surface area contributed by atoms with Gasteiger partial charge in [0, 0.05) is 17.2 Å². The Hall–Kier alpha value is -3.69. The summed E-state index contributed by atoms with van der Waals surface area (Å²) in [4.78, 5) is 25.1. The van der Waals surface area contributed by atoms with Crippen LogP contribution in [0.5, 0.6) is 11.5 Å². The van der Waals surface area contributed by atoms with Gasteiger partial charge in [-0.05, 0) is 12.1 Å². The average Bonchev–Trinajstić information content (AvgIpc) is 2.68. The zero-order valence-corrected chi connectivity index (χ0v) is 15.4. The first kappa shape index (κ1) is 18.7. The van der Waals surface area contributed by atoms with Crippen LogP contribution in [0.3, 0.4) is 0 Å². The van der Waals surface area contributed by atoms with E-state index in [0.29, 0.717) is 0 Å². The van der Waals surface area contributed by atoms with E-state index in [9.17, 15) is 32.8 Å². The predicted octanol–water partition coefficient (Wildman–Crippen LogP) is 2.86. The fourth-order valence-electron chi connectivity index (χ4n) is 3.29. The van der Waals surface area contributed by atoms with Gasteiger partial charge < -0.3 is 15.5 Å². The summed E-state index contributed by atoms with van der Waals surface area (Å²) in [5, 5.41) is 23.6. The van der Waals surface area contributed by atoms with E-state index in [0.717, 1.165) is 12.1 Å². The summed E-state index contributed by atoms with van der Waals surface area (Å²) in [6, 6.07) is 12.4. The molecule has 0 saturated carbocycles. The van der Waals surface area contributed by atoms with E-state index < -0.39 is 38.1 Å². The number of rotatable bonds is 3. The van der Waals surface area contributed by atoms with Crippen molar-refractivity contribution in [3.8, 4) is 11.5 Å². The maximum atomic E-state index is 12.9. The lowest BCUT2D eigenvalue weighted by Crippen LogP contribution is -2.21. The highest BCUT2D eigenvalue weighted by Gasteiger charge is 2.35. The molecule has 0 heterocycles. The number of ketones is 2. The molecular weight excluding hydrogens is 398 g/mol. The minimum Gasteiger partial charge on any atom is -0.507 e. The second-order valence-corrected chi connectivity index (χ2v) is 7.73. The van der Waals surface area contributed by atoms with Crippen LogP contribution in [-0.2, 0) is 10.1 Å². The molecule has 0 atom stereocenters. The van der Waals surface area contributed by atoms with Crippen LogP contribution >= 0.6 is 0 Å². The standard InChI is InChI=1S/C20H13NO7S/c22-14-9-13(21-12-7-3-4-8-15(12)29(26,27)28)20(25)17-16(14)18(23)10-5-1-2-6-11(10)19(17)24/h1-9,21-22,25H,(H,26,27,28). The highest BCUT2D eigenvalue weighted by atomic mass is 32.2. The van der Waals surface area contributed by atoms with E-state index in [2.05, 4.69) is 5.32 Å². The second kappa shape index (κ2) is 6.43. The molecule has 0 saturated heterocycles. The molecule has 0 bridgehead atoms. The van der Waals surface area contributed by atoms with Crippen molar-refractivity contribution in [1.82, 2.24) is 0 Å². The number of aromatic hydroxyl groups is 2. The van der Waals surface area contributed by atoms with E-state index in [4.69, 9.17) is 0 Å². The number of phenols is 2. The Morgan fingerprint density at radius 3 is 1.93 bits per heavy atom. The van der Waals surface area contributed by atoms with Gasteiger partial charge in [0.15, 0.2) is 17.3 Å². The van der Waals surface area contributed by atoms with Gasteiger partial charge in [-0.2, -0.15) is 8.42 Å². The smallest absolute Gasteiger partial charge is 0.296 e. The molecule has 3 aromatic carbocycles. The number of hydrogen-bond acceptors (Lipinski definition) is 7. The van der Waals surface area contributed by atoms with Crippen molar-refractivity contribution in [2.75, 3.05) is 5.32 Å². The Balaban J connectivity index is 1.90. The molecule has 0 aliphatic heterocycles. The molecule has 0 radical (unpaired) electrons. The number of benzene rings is 3. The third-order valence-electron chi connectivity index (χ3n) is 4.58. The normalized spacial score (nSPS) is 13.0. The monoisotopic (exact) mass is 411 g/mol. The maximum Gasteiger partial charge on any atom is 0.296 e. The van der Waals surface area contributed by atoms with Gasteiger partial charge in [0.2, 0.25) is 0 Å². The Morgan fingerprint density at radius 1 is 0.759 bits per heavy atom. The van der Waals surface area contributed by atoms with Crippen LogP contribution in [-0.4, -0.2) is 34.8 Å². The number of carbonyl (C=O) groups is 2. The molecule has 0 amide bonds. The van der Waals surface area contributed by atoms with Crippen molar-refractivity contribution in [2.24, 2.45) is 0 Å². The van der Waals surface area contributed by atoms with Gasteiger partial charge >= 0.3 is 0 Å². The molecule has 9 heteroatoms. The molecule has 4 N–H and O–H groups in total. The number of fused-ring (bicyclic) bond motifs is 2. The first-order chi connectivity index (χ1) is 13.7. The topological polar surface area (TPSA) is 141 Å². The van der Waals surface area contributed by atoms with Gasteiger partial charge in [-0.15, -0.1) is 0 Å². The van der Waals surface area contributed by atoms with Crippen molar-refractivity contribution in [3.63, 3.8) is 0 Å². The number of carbonyl (C=O) groups excluding carboxylic acids is 2. The average molecular weight is 411 g/mol. The molecular formula is C20H13NO7S. The summed E-state index contributed by atoms with van der Waals surface area (Å²) in [6.07, 6.45) is 0. The summed E-state index contributed by atoms with van der Waals surface area (Å²) < 4.78 is 32.5. The largest absolute Gasteiger partial charge is 0.507 e. The van der Waals surface area contributed by atoms with Crippen LogP contribution in [0.4, 0.5) is 11.4 Å². The summed E-state index contributed by atoms with van der Waals surface area (Å²) in [5.74, 6) is -2.46. The highest BCUT2D eigenvalue weighted by molar-refractivity contribution is 7.86. The molecule has 146 valence electrons. The van der Waals surface area contributed by atoms with Crippen molar-refractivity contribution >= 4 is 33.1 Å². The summed E-state index contributed by atoms with van der Waals surface area (Å²) in [6.45, 7) is 0. The zero-order chi connectivity index (χ0) is 20.9. The van der Waals surface area contributed by atoms with Crippen LogP contribution in [0.15, 0.2) is 59.5 Å².